The molecule has 4 rings (SSSR count). The highest BCUT2D eigenvalue weighted by atomic mass is 35.5. The Morgan fingerprint density at radius 2 is 1.75 bits per heavy atom. The Hall–Kier alpha value is -2.88. The van der Waals surface area contributed by atoms with Crippen LogP contribution in [0.3, 0.4) is 0 Å². The molecule has 0 unspecified atom stereocenters. The van der Waals surface area contributed by atoms with Crippen molar-refractivity contribution in [1.82, 2.24) is 5.32 Å². The van der Waals surface area contributed by atoms with Crippen molar-refractivity contribution >= 4 is 27.3 Å². The number of rotatable bonds is 9. The van der Waals surface area contributed by atoms with E-state index in [9.17, 15) is 17.2 Å². The number of halogens is 3. The Balaban J connectivity index is 1.84. The Morgan fingerprint density at radius 1 is 1.03 bits per heavy atom. The summed E-state index contributed by atoms with van der Waals surface area (Å²) >= 11 is 6.24. The van der Waals surface area contributed by atoms with Crippen LogP contribution in [0, 0.1) is 11.6 Å². The van der Waals surface area contributed by atoms with Crippen molar-refractivity contribution in [2.45, 2.75) is 30.2 Å². The molecule has 3 aromatic rings. The molecule has 0 radical (unpaired) electrons. The van der Waals surface area contributed by atoms with Gasteiger partial charge in [-0.1, -0.05) is 17.7 Å². The minimum absolute atomic E-state index is 0.00359. The first-order chi connectivity index (χ1) is 17.2. The van der Waals surface area contributed by atoms with Gasteiger partial charge in [0.25, 0.3) is 10.0 Å². The van der Waals surface area contributed by atoms with Crippen molar-refractivity contribution in [3.05, 3.63) is 82.4 Å². The summed E-state index contributed by atoms with van der Waals surface area (Å²) in [6.07, 6.45) is 1.54. The van der Waals surface area contributed by atoms with E-state index < -0.39 is 21.7 Å². The highest BCUT2D eigenvalue weighted by molar-refractivity contribution is 7.92. The maximum absolute atomic E-state index is 14.5. The first-order valence-electron chi connectivity index (χ1n) is 11.4. The van der Waals surface area contributed by atoms with Gasteiger partial charge >= 0.3 is 0 Å². The van der Waals surface area contributed by atoms with E-state index in [1.54, 1.807) is 18.2 Å². The number of nitrogens with one attached hydrogen (secondary N) is 1. The Morgan fingerprint density at radius 3 is 2.39 bits per heavy atom. The van der Waals surface area contributed by atoms with Crippen molar-refractivity contribution in [3.63, 3.8) is 0 Å². The third-order valence-electron chi connectivity index (χ3n) is 6.23. The molecule has 0 aromatic heterocycles. The third-order valence-corrected chi connectivity index (χ3v) is 8.24. The zero-order valence-electron chi connectivity index (χ0n) is 19.9. The normalized spacial score (nSPS) is 15.6. The van der Waals surface area contributed by atoms with Crippen molar-refractivity contribution < 1.29 is 26.7 Å². The fourth-order valence-electron chi connectivity index (χ4n) is 4.37. The van der Waals surface area contributed by atoms with Gasteiger partial charge in [0.15, 0.2) is 11.5 Å². The molecular weight excluding hydrogens is 510 g/mol. The summed E-state index contributed by atoms with van der Waals surface area (Å²) in [4.78, 5) is -0.00359. The predicted octanol–water partition coefficient (Wildman–Crippen LogP) is 5.17. The zero-order chi connectivity index (χ0) is 25.9. The van der Waals surface area contributed by atoms with Crippen LogP contribution in [-0.4, -0.2) is 41.8 Å². The largest absolute Gasteiger partial charge is 0.493 e. The standard InChI is InChI=1S/C26H27ClF2N2O4S/c1-34-25-11-9-20(15-26(25)35-2)36(32,33)31(16-19-5-4-12-30-19)24-10-8-18(27)13-17(24)14-21-22(28)6-3-7-23(21)29/h3,6-11,13,15,19,30H,4-5,12,14,16H2,1-2H3/t19-/m0/s1. The quantitative estimate of drug-likeness (QED) is 0.408. The van der Waals surface area contributed by atoms with Crippen LogP contribution in [0.5, 0.6) is 11.5 Å². The number of hydrogen-bond donors (Lipinski definition) is 1. The van der Waals surface area contributed by atoms with E-state index in [4.69, 9.17) is 21.1 Å². The molecule has 6 nitrogen and oxygen atoms in total. The summed E-state index contributed by atoms with van der Waals surface area (Å²) in [7, 11) is -1.23. The molecule has 36 heavy (non-hydrogen) atoms. The highest BCUT2D eigenvalue weighted by Crippen LogP contribution is 2.35. The molecule has 0 amide bonds. The predicted molar refractivity (Wildman–Crippen MR) is 136 cm³/mol. The summed E-state index contributed by atoms with van der Waals surface area (Å²) in [6.45, 7) is 0.911. The second-order valence-corrected chi connectivity index (χ2v) is 10.8. The fourth-order valence-corrected chi connectivity index (χ4v) is 6.13. The Kier molecular flexibility index (Phi) is 8.02. The van der Waals surface area contributed by atoms with E-state index in [0.29, 0.717) is 22.0 Å². The number of hydrogen-bond acceptors (Lipinski definition) is 5. The zero-order valence-corrected chi connectivity index (χ0v) is 21.5. The van der Waals surface area contributed by atoms with Gasteiger partial charge < -0.3 is 14.8 Å². The van der Waals surface area contributed by atoms with Crippen molar-refractivity contribution in [3.8, 4) is 11.5 Å². The van der Waals surface area contributed by atoms with Gasteiger partial charge in [-0.15, -0.1) is 0 Å². The number of methoxy groups -OCH3 is 2. The molecular formula is C26H27ClF2N2O4S. The molecule has 3 aromatic carbocycles. The summed E-state index contributed by atoms with van der Waals surface area (Å²) in [5.41, 5.74) is 0.516. The smallest absolute Gasteiger partial charge is 0.264 e. The average Bonchev–Trinajstić information content (AvgIpc) is 3.38. The van der Waals surface area contributed by atoms with Crippen LogP contribution < -0.4 is 19.1 Å². The van der Waals surface area contributed by atoms with E-state index in [1.165, 1.54) is 54.9 Å². The lowest BCUT2D eigenvalue weighted by molar-refractivity contribution is 0.354. The first kappa shape index (κ1) is 26.2. The van der Waals surface area contributed by atoms with Crippen molar-refractivity contribution in [2.24, 2.45) is 0 Å². The lowest BCUT2D eigenvalue weighted by Crippen LogP contribution is -2.41. The topological polar surface area (TPSA) is 67.9 Å². The van der Waals surface area contributed by atoms with Gasteiger partial charge in [-0.05, 0) is 67.4 Å². The van der Waals surface area contributed by atoms with Crippen LogP contribution in [0.4, 0.5) is 14.5 Å². The number of nitrogens with zero attached hydrogens (tertiary/aromatic N) is 1. The molecule has 1 atom stereocenters. The molecule has 0 saturated carbocycles. The van der Waals surface area contributed by atoms with E-state index in [-0.39, 0.29) is 35.2 Å². The molecule has 1 fully saturated rings. The van der Waals surface area contributed by atoms with Crippen molar-refractivity contribution in [2.75, 3.05) is 31.6 Å². The third kappa shape index (κ3) is 5.43. The summed E-state index contributed by atoms with van der Waals surface area (Å²) < 4.78 is 68.9. The first-order valence-corrected chi connectivity index (χ1v) is 13.3. The maximum atomic E-state index is 14.5. The van der Waals surface area contributed by atoms with Gasteiger partial charge in [-0.3, -0.25) is 4.31 Å². The van der Waals surface area contributed by atoms with Gasteiger partial charge in [-0.2, -0.15) is 0 Å². The molecule has 1 heterocycles. The summed E-state index contributed by atoms with van der Waals surface area (Å²) in [6, 6.07) is 12.6. The van der Waals surface area contributed by atoms with E-state index in [2.05, 4.69) is 5.32 Å². The lowest BCUT2D eigenvalue weighted by Gasteiger charge is -2.29. The number of anilines is 1. The van der Waals surface area contributed by atoms with Gasteiger partial charge in [0.05, 0.1) is 24.8 Å². The van der Waals surface area contributed by atoms with E-state index in [0.717, 1.165) is 19.4 Å². The Bertz CT molecular complexity index is 1330. The number of sulfonamides is 1. The van der Waals surface area contributed by atoms with E-state index in [1.807, 2.05) is 0 Å². The SMILES string of the molecule is COc1ccc(S(=O)(=O)N(C[C@@H]2CCCN2)c2ccc(Cl)cc2Cc2c(F)cccc2F)cc1OC. The molecule has 1 saturated heterocycles. The van der Waals surface area contributed by atoms with Crippen LogP contribution in [-0.2, 0) is 16.4 Å². The molecule has 0 aliphatic carbocycles. The van der Waals surface area contributed by atoms with Crippen LogP contribution in [0.1, 0.15) is 24.0 Å². The summed E-state index contributed by atoms with van der Waals surface area (Å²) in [5.74, 6) is -0.773. The van der Waals surface area contributed by atoms with Gasteiger partial charge in [0.1, 0.15) is 11.6 Å². The number of ether oxygens (including phenoxy) is 2. The Labute approximate surface area is 214 Å². The molecule has 192 valence electrons. The van der Waals surface area contributed by atoms with Crippen LogP contribution in [0.15, 0.2) is 59.5 Å². The number of benzene rings is 3. The van der Waals surface area contributed by atoms with Gasteiger partial charge in [0, 0.05) is 35.7 Å². The molecule has 1 N–H and O–H groups in total. The monoisotopic (exact) mass is 536 g/mol. The van der Waals surface area contributed by atoms with Gasteiger partial charge in [-0.25, -0.2) is 17.2 Å². The van der Waals surface area contributed by atoms with Crippen molar-refractivity contribution in [1.29, 1.82) is 0 Å². The fraction of sp³-hybridized carbons (Fsp3) is 0.308. The van der Waals surface area contributed by atoms with Crippen LogP contribution >= 0.6 is 11.6 Å². The minimum Gasteiger partial charge on any atom is -0.493 e. The average molecular weight is 537 g/mol. The molecule has 0 bridgehead atoms. The maximum Gasteiger partial charge on any atom is 0.264 e. The second-order valence-electron chi connectivity index (χ2n) is 8.50. The van der Waals surface area contributed by atoms with Crippen LogP contribution in [0.25, 0.3) is 0 Å². The molecule has 10 heteroatoms. The van der Waals surface area contributed by atoms with Gasteiger partial charge in [0.2, 0.25) is 0 Å². The molecule has 0 spiro atoms. The second kappa shape index (κ2) is 11.0. The molecule has 1 aliphatic heterocycles. The lowest BCUT2D eigenvalue weighted by atomic mass is 10.0. The molecule has 1 aliphatic rings. The summed E-state index contributed by atoms with van der Waals surface area (Å²) in [5, 5.41) is 3.65. The minimum atomic E-state index is -4.12. The highest BCUT2D eigenvalue weighted by Gasteiger charge is 2.31. The van der Waals surface area contributed by atoms with E-state index >= 15 is 0 Å². The van der Waals surface area contributed by atoms with Crippen LogP contribution in [0.2, 0.25) is 5.02 Å².